The first-order valence-corrected chi connectivity index (χ1v) is 7.89. The molecule has 2 saturated carbocycles. The molecule has 0 aromatic rings. The molecule has 0 unspecified atom stereocenters. The lowest BCUT2D eigenvalue weighted by Gasteiger charge is -2.22. The standard InChI is InChI=1S/C15H24N2O6/c1-22-15(21)11(17-14(20)10(16)6-12(18)19)7-23-13(8-2-3-8)9-4-5-9/h8-11,13H,2-7,16H2,1H3,(H,17,20)(H,18,19)/t10-,11-/m0/s1. The summed E-state index contributed by atoms with van der Waals surface area (Å²) in [5.74, 6) is -1.43. The van der Waals surface area contributed by atoms with Crippen molar-refractivity contribution in [1.29, 1.82) is 0 Å². The molecule has 0 bridgehead atoms. The molecule has 0 heterocycles. The number of carboxylic acid groups (broad SMARTS) is 1. The SMILES string of the molecule is COC(=O)[C@H](COC(C1CC1)C1CC1)NC(=O)[C@@H](N)CC(=O)O. The number of amides is 1. The Kier molecular flexibility index (Phi) is 5.95. The Morgan fingerprint density at radius 2 is 1.78 bits per heavy atom. The molecular formula is C15H24N2O6. The molecule has 2 rings (SSSR count). The summed E-state index contributed by atoms with van der Waals surface area (Å²) in [6.45, 7) is 0.00979. The largest absolute Gasteiger partial charge is 0.481 e. The monoisotopic (exact) mass is 328 g/mol. The fourth-order valence-corrected chi connectivity index (χ4v) is 2.58. The molecule has 8 nitrogen and oxygen atoms in total. The summed E-state index contributed by atoms with van der Waals surface area (Å²) in [6, 6.07) is -2.20. The van der Waals surface area contributed by atoms with Crippen LogP contribution in [0.25, 0.3) is 0 Å². The van der Waals surface area contributed by atoms with Gasteiger partial charge >= 0.3 is 11.9 Å². The molecule has 1 amide bonds. The average molecular weight is 328 g/mol. The smallest absolute Gasteiger partial charge is 0.330 e. The number of nitrogens with one attached hydrogen (secondary N) is 1. The highest BCUT2D eigenvalue weighted by Crippen LogP contribution is 2.46. The van der Waals surface area contributed by atoms with Crippen LogP contribution < -0.4 is 11.1 Å². The minimum Gasteiger partial charge on any atom is -0.481 e. The summed E-state index contributed by atoms with van der Waals surface area (Å²) in [6.07, 6.45) is 4.18. The van der Waals surface area contributed by atoms with Gasteiger partial charge in [0.25, 0.3) is 0 Å². The fourth-order valence-electron chi connectivity index (χ4n) is 2.58. The Balaban J connectivity index is 1.87. The van der Waals surface area contributed by atoms with Crippen LogP contribution in [-0.4, -0.2) is 54.9 Å². The molecule has 0 aliphatic heterocycles. The molecule has 2 fully saturated rings. The second-order valence-corrected chi connectivity index (χ2v) is 6.26. The summed E-state index contributed by atoms with van der Waals surface area (Å²) >= 11 is 0. The molecule has 0 aromatic heterocycles. The van der Waals surface area contributed by atoms with E-state index in [4.69, 9.17) is 15.6 Å². The highest BCUT2D eigenvalue weighted by atomic mass is 16.5. The van der Waals surface area contributed by atoms with E-state index >= 15 is 0 Å². The Hall–Kier alpha value is -1.67. The third kappa shape index (κ3) is 5.47. The van der Waals surface area contributed by atoms with Gasteiger partial charge < -0.3 is 25.6 Å². The van der Waals surface area contributed by atoms with Crippen molar-refractivity contribution in [2.75, 3.05) is 13.7 Å². The molecule has 130 valence electrons. The molecule has 4 N–H and O–H groups in total. The maximum atomic E-state index is 11.9. The van der Waals surface area contributed by atoms with Crippen LogP contribution in [0.5, 0.6) is 0 Å². The van der Waals surface area contributed by atoms with Crippen LogP contribution in [0.3, 0.4) is 0 Å². The van der Waals surface area contributed by atoms with Crippen molar-refractivity contribution in [2.45, 2.75) is 50.3 Å². The molecule has 8 heteroatoms. The lowest BCUT2D eigenvalue weighted by Crippen LogP contribution is -2.51. The zero-order valence-corrected chi connectivity index (χ0v) is 13.2. The number of aliphatic carboxylic acids is 1. The topological polar surface area (TPSA) is 128 Å². The van der Waals surface area contributed by atoms with Gasteiger partial charge in [-0.1, -0.05) is 0 Å². The summed E-state index contributed by atoms with van der Waals surface area (Å²) in [7, 11) is 1.22. The maximum Gasteiger partial charge on any atom is 0.330 e. The van der Waals surface area contributed by atoms with E-state index in [1.54, 1.807) is 0 Å². The zero-order chi connectivity index (χ0) is 17.0. The maximum absolute atomic E-state index is 11.9. The Labute approximate surface area is 134 Å². The van der Waals surface area contributed by atoms with Gasteiger partial charge in [0.15, 0.2) is 6.04 Å². The van der Waals surface area contributed by atoms with E-state index < -0.39 is 36.4 Å². The van der Waals surface area contributed by atoms with Crippen LogP contribution in [0.4, 0.5) is 0 Å². The summed E-state index contributed by atoms with van der Waals surface area (Å²) in [5, 5.41) is 11.1. The summed E-state index contributed by atoms with van der Waals surface area (Å²) in [4.78, 5) is 34.3. The van der Waals surface area contributed by atoms with Crippen molar-refractivity contribution in [3.05, 3.63) is 0 Å². The lowest BCUT2D eigenvalue weighted by atomic mass is 10.1. The molecule has 2 atom stereocenters. The number of ether oxygens (including phenoxy) is 2. The van der Waals surface area contributed by atoms with Crippen LogP contribution >= 0.6 is 0 Å². The highest BCUT2D eigenvalue weighted by molar-refractivity contribution is 5.89. The Bertz CT molecular complexity index is 449. The number of carboxylic acids is 1. The second kappa shape index (κ2) is 7.74. The van der Waals surface area contributed by atoms with Crippen LogP contribution in [0.1, 0.15) is 32.1 Å². The average Bonchev–Trinajstić information content (AvgIpc) is 3.37. The van der Waals surface area contributed by atoms with Crippen LogP contribution in [0, 0.1) is 11.8 Å². The van der Waals surface area contributed by atoms with Crippen molar-refractivity contribution in [3.8, 4) is 0 Å². The summed E-state index contributed by atoms with van der Waals surface area (Å²) in [5.41, 5.74) is 5.49. The first kappa shape index (κ1) is 17.7. The van der Waals surface area contributed by atoms with Gasteiger partial charge in [-0.05, 0) is 37.5 Å². The predicted octanol–water partition coefficient (Wildman–Crippen LogP) is -0.349. The number of hydrogen-bond donors (Lipinski definition) is 3. The summed E-state index contributed by atoms with van der Waals surface area (Å²) < 4.78 is 10.5. The lowest BCUT2D eigenvalue weighted by molar-refractivity contribution is -0.148. The minimum absolute atomic E-state index is 0.00979. The number of carbonyl (C=O) groups excluding carboxylic acids is 2. The molecule has 0 spiro atoms. The van der Waals surface area contributed by atoms with Gasteiger partial charge in [-0.3, -0.25) is 9.59 Å². The molecule has 2 aliphatic carbocycles. The third-order valence-electron chi connectivity index (χ3n) is 4.16. The van der Waals surface area contributed by atoms with Crippen LogP contribution in [0.2, 0.25) is 0 Å². The molecule has 0 radical (unpaired) electrons. The molecule has 0 saturated heterocycles. The molecule has 0 aromatic carbocycles. The number of rotatable bonds is 10. The molecular weight excluding hydrogens is 304 g/mol. The zero-order valence-electron chi connectivity index (χ0n) is 13.2. The van der Waals surface area contributed by atoms with E-state index in [0.717, 1.165) is 25.7 Å². The number of carbonyl (C=O) groups is 3. The third-order valence-corrected chi connectivity index (χ3v) is 4.16. The second-order valence-electron chi connectivity index (χ2n) is 6.26. The van der Waals surface area contributed by atoms with Gasteiger partial charge in [-0.2, -0.15) is 0 Å². The quantitative estimate of drug-likeness (QED) is 0.468. The number of methoxy groups -OCH3 is 1. The molecule has 23 heavy (non-hydrogen) atoms. The Morgan fingerprint density at radius 1 is 1.22 bits per heavy atom. The van der Waals surface area contributed by atoms with Gasteiger partial charge in [-0.15, -0.1) is 0 Å². The van der Waals surface area contributed by atoms with E-state index in [9.17, 15) is 14.4 Å². The van der Waals surface area contributed by atoms with Crippen molar-refractivity contribution in [3.63, 3.8) is 0 Å². The van der Waals surface area contributed by atoms with Crippen LogP contribution in [0.15, 0.2) is 0 Å². The Morgan fingerprint density at radius 3 is 2.22 bits per heavy atom. The first-order valence-electron chi connectivity index (χ1n) is 7.89. The van der Waals surface area contributed by atoms with Gasteiger partial charge in [0.1, 0.15) is 0 Å². The van der Waals surface area contributed by atoms with Gasteiger partial charge in [0.05, 0.1) is 32.3 Å². The normalized spacial score (nSPS) is 20.0. The van der Waals surface area contributed by atoms with E-state index in [1.807, 2.05) is 0 Å². The van der Waals surface area contributed by atoms with E-state index in [0.29, 0.717) is 11.8 Å². The number of nitrogens with two attached hydrogens (primary N) is 1. The number of esters is 1. The van der Waals surface area contributed by atoms with Gasteiger partial charge in [-0.25, -0.2) is 4.79 Å². The van der Waals surface area contributed by atoms with Crippen molar-refractivity contribution < 1.29 is 29.0 Å². The molecule has 2 aliphatic rings. The predicted molar refractivity (Wildman–Crippen MR) is 79.4 cm³/mol. The van der Waals surface area contributed by atoms with Crippen molar-refractivity contribution in [2.24, 2.45) is 17.6 Å². The fraction of sp³-hybridized carbons (Fsp3) is 0.800. The number of hydrogen-bond acceptors (Lipinski definition) is 6. The highest BCUT2D eigenvalue weighted by Gasteiger charge is 2.43. The van der Waals surface area contributed by atoms with Gasteiger partial charge in [0, 0.05) is 0 Å². The first-order chi connectivity index (χ1) is 10.9. The van der Waals surface area contributed by atoms with Crippen molar-refractivity contribution in [1.82, 2.24) is 5.32 Å². The van der Waals surface area contributed by atoms with E-state index in [2.05, 4.69) is 10.1 Å². The minimum atomic E-state index is -1.22. The van der Waals surface area contributed by atoms with Gasteiger partial charge in [0.2, 0.25) is 5.91 Å². The van der Waals surface area contributed by atoms with E-state index in [1.165, 1.54) is 7.11 Å². The van der Waals surface area contributed by atoms with E-state index in [-0.39, 0.29) is 12.7 Å². The van der Waals surface area contributed by atoms with Crippen LogP contribution in [-0.2, 0) is 23.9 Å². The van der Waals surface area contributed by atoms with Crippen molar-refractivity contribution >= 4 is 17.8 Å².